The van der Waals surface area contributed by atoms with Gasteiger partial charge in [-0.2, -0.15) is 0 Å². The molecule has 0 radical (unpaired) electrons. The van der Waals surface area contributed by atoms with Crippen LogP contribution < -0.4 is 0 Å². The summed E-state index contributed by atoms with van der Waals surface area (Å²) >= 11 is 0. The molecule has 0 aromatic heterocycles. The number of hydrogen-bond acceptors (Lipinski definition) is 3. The van der Waals surface area contributed by atoms with Gasteiger partial charge in [-0.1, -0.05) is 14.9 Å². The fraction of sp³-hybridized carbons (Fsp3) is 0.467. The molecule has 2 aliphatic rings. The van der Waals surface area contributed by atoms with Crippen LogP contribution in [0.4, 0.5) is 0 Å². The summed E-state index contributed by atoms with van der Waals surface area (Å²) < 4.78 is 24.5. The molecule has 0 atom stereocenters. The maximum atomic E-state index is 5.06. The molecule has 2 aliphatic heterocycles. The molecule has 0 aromatic carbocycles. The Morgan fingerprint density at radius 1 is 1.00 bits per heavy atom. The van der Waals surface area contributed by atoms with E-state index in [0.717, 1.165) is 17.3 Å². The minimum atomic E-state index is 0. The van der Waals surface area contributed by atoms with E-state index >= 15 is 0 Å². The van der Waals surface area contributed by atoms with E-state index in [4.69, 9.17) is 23.1 Å². The summed E-state index contributed by atoms with van der Waals surface area (Å²) in [5, 5.41) is 0. The van der Waals surface area contributed by atoms with E-state index in [9.17, 15) is 0 Å². The summed E-state index contributed by atoms with van der Waals surface area (Å²) in [6, 6.07) is 0. The lowest BCUT2D eigenvalue weighted by Crippen LogP contribution is -2.09. The van der Waals surface area contributed by atoms with Crippen LogP contribution in [0.25, 0.3) is 0 Å². The fourth-order valence-corrected chi connectivity index (χ4v) is 1.13. The molecule has 6 heteroatoms. The van der Waals surface area contributed by atoms with Gasteiger partial charge in [-0.05, 0) is 33.8 Å². The van der Waals surface area contributed by atoms with Gasteiger partial charge in [0.15, 0.2) is 29.8 Å². The number of rotatable bonds is 1. The van der Waals surface area contributed by atoms with Gasteiger partial charge in [0.05, 0.1) is 11.5 Å². The number of esters is 1. The van der Waals surface area contributed by atoms with E-state index in [1.54, 1.807) is 6.08 Å². The van der Waals surface area contributed by atoms with E-state index in [1.807, 2.05) is 33.8 Å². The van der Waals surface area contributed by atoms with E-state index in [0.29, 0.717) is 12.6 Å². The first kappa shape index (κ1) is 24.5. The highest BCUT2D eigenvalue weighted by molar-refractivity contribution is 5.88. The number of ether oxygens (including phenoxy) is 3. The molecule has 0 amide bonds. The van der Waals surface area contributed by atoms with Crippen molar-refractivity contribution in [2.45, 2.75) is 42.5 Å². The Morgan fingerprint density at radius 2 is 1.52 bits per heavy atom. The van der Waals surface area contributed by atoms with Gasteiger partial charge in [-0.15, -0.1) is 0 Å². The molecule has 2 heterocycles. The molecule has 0 fully saturated rings. The Kier molecular flexibility index (Phi) is 15.7. The molecular formula is C15H29AlO5. The van der Waals surface area contributed by atoms with E-state index in [1.165, 1.54) is 13.6 Å². The second-order valence-electron chi connectivity index (χ2n) is 3.54. The Morgan fingerprint density at radius 3 is 1.90 bits per heavy atom. The molecule has 0 aliphatic carbocycles. The SMILES string of the molecule is C.C.CC1=CC(C)=[O+][CH-]O1.CCOC1=[O+][CH-]OC(C)=C1.[AlH3]. The third-order valence-corrected chi connectivity index (χ3v) is 1.88. The summed E-state index contributed by atoms with van der Waals surface area (Å²) in [7, 11) is 0. The van der Waals surface area contributed by atoms with Crippen LogP contribution in [-0.2, 0) is 23.1 Å². The minimum Gasteiger partial charge on any atom is -0.503 e. The molecule has 0 bridgehead atoms. The van der Waals surface area contributed by atoms with Crippen LogP contribution in [0.5, 0.6) is 0 Å². The molecule has 0 unspecified atom stereocenters. The normalized spacial score (nSPS) is 14.5. The zero-order valence-corrected chi connectivity index (χ0v) is 11.1. The zero-order valence-electron chi connectivity index (χ0n) is 11.1. The maximum Gasteiger partial charge on any atom is 0.368 e. The van der Waals surface area contributed by atoms with Crippen LogP contribution in [0.2, 0.25) is 0 Å². The molecule has 0 saturated carbocycles. The van der Waals surface area contributed by atoms with Gasteiger partial charge >= 0.3 is 12.8 Å². The quantitative estimate of drug-likeness (QED) is 0.323. The van der Waals surface area contributed by atoms with Crippen molar-refractivity contribution in [1.29, 1.82) is 0 Å². The number of carbonyl (C=O) groups excluding carboxylic acids is 2. The highest BCUT2D eigenvalue weighted by Crippen LogP contribution is 2.03. The third kappa shape index (κ3) is 10.9. The lowest BCUT2D eigenvalue weighted by Gasteiger charge is -2.10. The largest absolute Gasteiger partial charge is 0.503 e. The topological polar surface area (TPSA) is 50.3 Å². The predicted molar refractivity (Wildman–Crippen MR) is 89.0 cm³/mol. The zero-order chi connectivity index (χ0) is 13.4. The molecule has 5 nitrogen and oxygen atoms in total. The average Bonchev–Trinajstić information content (AvgIpc) is 2.30. The van der Waals surface area contributed by atoms with Crippen molar-refractivity contribution in [3.63, 3.8) is 0 Å². The number of allylic oxidation sites excluding steroid dienone is 3. The monoisotopic (exact) mass is 316 g/mol. The van der Waals surface area contributed by atoms with Gasteiger partial charge in [0.1, 0.15) is 0 Å². The summed E-state index contributed by atoms with van der Waals surface area (Å²) in [5.41, 5.74) is 0. The number of ketones is 1. The lowest BCUT2D eigenvalue weighted by atomic mass is 10.4. The molecule has 0 saturated heterocycles. The van der Waals surface area contributed by atoms with Gasteiger partial charge in [-0.3, -0.25) is 0 Å². The highest BCUT2D eigenvalue weighted by Gasteiger charge is 2.05. The van der Waals surface area contributed by atoms with E-state index in [-0.39, 0.29) is 32.2 Å². The van der Waals surface area contributed by atoms with Gasteiger partial charge in [0, 0.05) is 6.08 Å². The Bertz CT molecular complexity index is 397. The van der Waals surface area contributed by atoms with Crippen molar-refractivity contribution in [2.24, 2.45) is 0 Å². The number of hydrogen-bond donors (Lipinski definition) is 0. The summed E-state index contributed by atoms with van der Waals surface area (Å²) in [6.07, 6.45) is 3.53. The Labute approximate surface area is 139 Å². The second-order valence-corrected chi connectivity index (χ2v) is 3.54. The van der Waals surface area contributed by atoms with E-state index < -0.39 is 0 Å². The molecule has 0 aromatic rings. The molecule has 122 valence electrons. The smallest absolute Gasteiger partial charge is 0.368 e. The first-order valence-corrected chi connectivity index (χ1v) is 5.61. The van der Waals surface area contributed by atoms with Crippen LogP contribution in [0.15, 0.2) is 23.7 Å². The molecule has 2 rings (SSSR count). The van der Waals surface area contributed by atoms with Crippen molar-refractivity contribution in [1.82, 2.24) is 0 Å². The standard InChI is InChI=1S/C7H10O3.C6H8O2.2CH4.Al.3H/c1-3-8-7-4-6(2)9-5-10-7;1-5-3-6(2)8-4-7-5;;;;;;/h4-5H,3H2,1-2H3;3-4H,1-2H3;2*1H4;;;;. The van der Waals surface area contributed by atoms with Crippen molar-refractivity contribution in [3.05, 3.63) is 37.3 Å². The first-order chi connectivity index (χ1) is 8.61. The second kappa shape index (κ2) is 13.5. The van der Waals surface area contributed by atoms with Gasteiger partial charge in [0.2, 0.25) is 6.79 Å². The third-order valence-electron chi connectivity index (χ3n) is 1.88. The highest BCUT2D eigenvalue weighted by atomic mass is 27.0. The van der Waals surface area contributed by atoms with Gasteiger partial charge < -0.3 is 23.1 Å². The van der Waals surface area contributed by atoms with Crippen LogP contribution >= 0.6 is 0 Å². The first-order valence-electron chi connectivity index (χ1n) is 5.61. The molecule has 0 spiro atoms. The average molecular weight is 316 g/mol. The van der Waals surface area contributed by atoms with Crippen LogP contribution in [0.3, 0.4) is 0 Å². The summed E-state index contributed by atoms with van der Waals surface area (Å²) in [4.78, 5) is 0. The summed E-state index contributed by atoms with van der Waals surface area (Å²) in [6.45, 7) is 10.7. The van der Waals surface area contributed by atoms with Crippen LogP contribution in [-0.4, -0.2) is 35.7 Å². The molecule has 21 heavy (non-hydrogen) atoms. The van der Waals surface area contributed by atoms with Crippen LogP contribution in [0, 0.1) is 13.6 Å². The predicted octanol–water partition coefficient (Wildman–Crippen LogP) is 2.39. The summed E-state index contributed by atoms with van der Waals surface area (Å²) in [5.74, 6) is 3.00. The maximum absolute atomic E-state index is 5.06. The molecule has 0 N–H and O–H groups in total. The fourth-order valence-electron chi connectivity index (χ4n) is 1.13. The van der Waals surface area contributed by atoms with Gasteiger partial charge in [0.25, 0.3) is 0 Å². The van der Waals surface area contributed by atoms with Crippen molar-refractivity contribution in [2.75, 3.05) is 6.61 Å². The Balaban J connectivity index is -0.000000274. The van der Waals surface area contributed by atoms with Gasteiger partial charge in [-0.25, -0.2) is 0 Å². The van der Waals surface area contributed by atoms with Crippen molar-refractivity contribution < 1.29 is 23.1 Å². The minimum absolute atomic E-state index is 0. The lowest BCUT2D eigenvalue weighted by molar-refractivity contribution is -0.461. The molecular weight excluding hydrogens is 287 g/mol. The van der Waals surface area contributed by atoms with Crippen LogP contribution in [0.1, 0.15) is 42.5 Å². The Hall–Kier alpha value is -1.51. The van der Waals surface area contributed by atoms with Crippen molar-refractivity contribution in [3.8, 4) is 0 Å². The van der Waals surface area contributed by atoms with Crippen molar-refractivity contribution >= 4 is 29.1 Å². The van der Waals surface area contributed by atoms with E-state index in [2.05, 4.69) is 0 Å².